The lowest BCUT2D eigenvalue weighted by Crippen LogP contribution is -2.64. The Morgan fingerprint density at radius 3 is 2.47 bits per heavy atom. The van der Waals surface area contributed by atoms with Gasteiger partial charge in [-0.1, -0.05) is 0 Å². The zero-order valence-electron chi connectivity index (χ0n) is 21.8. The van der Waals surface area contributed by atoms with E-state index < -0.39 is 58.5 Å². The van der Waals surface area contributed by atoms with E-state index in [0.717, 1.165) is 0 Å². The summed E-state index contributed by atoms with van der Waals surface area (Å²) in [6.07, 6.45) is 2.35. The topological polar surface area (TPSA) is 148 Å². The average molecular weight is 528 g/mol. The zero-order chi connectivity index (χ0) is 27.8. The highest BCUT2D eigenvalue weighted by molar-refractivity contribution is 6.02. The maximum Gasteiger partial charge on any atom is 0.351 e. The number of rotatable bonds is 6. The van der Waals surface area contributed by atoms with Gasteiger partial charge in [-0.05, 0) is 38.8 Å². The second-order valence-electron chi connectivity index (χ2n) is 10.0. The van der Waals surface area contributed by atoms with Crippen molar-refractivity contribution in [2.45, 2.75) is 64.8 Å². The van der Waals surface area contributed by atoms with Gasteiger partial charge in [-0.3, -0.25) is 24.2 Å². The first kappa shape index (κ1) is 27.0. The highest BCUT2D eigenvalue weighted by atomic mass is 16.6. The van der Waals surface area contributed by atoms with Crippen molar-refractivity contribution in [3.63, 3.8) is 0 Å². The Hall–Kier alpha value is -4.02. The van der Waals surface area contributed by atoms with Crippen molar-refractivity contribution in [2.24, 2.45) is 11.8 Å². The molecule has 11 heteroatoms. The molecule has 5 atom stereocenters. The molecule has 0 bridgehead atoms. The molecule has 202 valence electrons. The first-order valence-electron chi connectivity index (χ1n) is 12.2. The van der Waals surface area contributed by atoms with Crippen LogP contribution in [-0.2, 0) is 28.6 Å². The van der Waals surface area contributed by atoms with Gasteiger partial charge < -0.3 is 23.4 Å². The third kappa shape index (κ3) is 5.05. The quantitative estimate of drug-likeness (QED) is 0.403. The fourth-order valence-electron chi connectivity index (χ4n) is 5.34. The Bertz CT molecular complexity index is 1340. The number of pyridine rings is 1. The number of carbonyl (C=O) groups excluding carboxylic acids is 4. The predicted octanol–water partition coefficient (Wildman–Crippen LogP) is 2.88. The molecule has 0 aromatic carbocycles. The van der Waals surface area contributed by atoms with Gasteiger partial charge in [0.15, 0.2) is 11.4 Å². The van der Waals surface area contributed by atoms with Gasteiger partial charge in [-0.2, -0.15) is 0 Å². The third-order valence-corrected chi connectivity index (χ3v) is 7.21. The molecule has 0 N–H and O–H groups in total. The van der Waals surface area contributed by atoms with E-state index in [1.807, 2.05) is 0 Å². The lowest BCUT2D eigenvalue weighted by molar-refractivity contribution is -0.198. The van der Waals surface area contributed by atoms with Gasteiger partial charge in [0.2, 0.25) is 0 Å². The van der Waals surface area contributed by atoms with E-state index in [-0.39, 0.29) is 36.5 Å². The minimum atomic E-state index is -1.34. The summed E-state index contributed by atoms with van der Waals surface area (Å²) >= 11 is 0. The summed E-state index contributed by atoms with van der Waals surface area (Å²) in [6.45, 7) is 6.65. The van der Waals surface area contributed by atoms with Crippen LogP contribution in [0.15, 0.2) is 39.8 Å². The molecule has 2 aliphatic rings. The lowest BCUT2D eigenvalue weighted by atomic mass is 9.62. The van der Waals surface area contributed by atoms with Gasteiger partial charge in [-0.25, -0.2) is 4.79 Å². The normalized spacial score (nSPS) is 25.6. The number of hydrogen-bond donors (Lipinski definition) is 0. The Morgan fingerprint density at radius 2 is 1.87 bits per heavy atom. The van der Waals surface area contributed by atoms with Crippen LogP contribution in [0.3, 0.4) is 0 Å². The number of esters is 3. The van der Waals surface area contributed by atoms with Gasteiger partial charge in [0.1, 0.15) is 35.4 Å². The molecule has 11 nitrogen and oxygen atoms in total. The summed E-state index contributed by atoms with van der Waals surface area (Å²) in [5.41, 5.74) is -3.30. The maximum atomic E-state index is 13.8. The Labute approximate surface area is 218 Å². The number of aromatic nitrogens is 1. The number of carbonyl (C=O) groups is 4. The van der Waals surface area contributed by atoms with Gasteiger partial charge in [-0.15, -0.1) is 0 Å². The molecule has 3 heterocycles. The highest BCUT2D eigenvalue weighted by Gasteiger charge is 2.60. The van der Waals surface area contributed by atoms with E-state index in [0.29, 0.717) is 5.56 Å². The fraction of sp³-hybridized carbons (Fsp3) is 0.481. The van der Waals surface area contributed by atoms with E-state index in [2.05, 4.69) is 4.98 Å². The number of nitrogens with zero attached hydrogens (tertiary/aromatic N) is 1. The Morgan fingerprint density at radius 1 is 1.13 bits per heavy atom. The molecule has 1 aliphatic heterocycles. The van der Waals surface area contributed by atoms with Crippen LogP contribution in [0.2, 0.25) is 0 Å². The van der Waals surface area contributed by atoms with Crippen LogP contribution < -0.4 is 10.4 Å². The van der Waals surface area contributed by atoms with Crippen LogP contribution >= 0.6 is 0 Å². The fourth-order valence-corrected chi connectivity index (χ4v) is 5.34. The van der Waals surface area contributed by atoms with Gasteiger partial charge in [0.25, 0.3) is 0 Å². The van der Waals surface area contributed by atoms with Crippen molar-refractivity contribution in [3.05, 3.63) is 46.6 Å². The number of Topliss-reactive ketones (excluding diaryl/α,β-unsaturated/α-hetero) is 1. The van der Waals surface area contributed by atoms with E-state index in [1.54, 1.807) is 32.2 Å². The number of ether oxygens (including phenoxy) is 4. The zero-order valence-corrected chi connectivity index (χ0v) is 21.8. The second kappa shape index (κ2) is 10.0. The molecule has 0 amide bonds. The molecule has 0 spiro atoms. The highest BCUT2D eigenvalue weighted by Crippen LogP contribution is 2.50. The number of hydrogen-bond acceptors (Lipinski definition) is 11. The SMILES string of the molecule is CC(=O)OC[C@@](C)(OC(C)=O)[C@@H]1C[C@H](OC(C)=O)[C@@]2(C)Oc3cc(-c4cccnc4)oc(=O)c3C(=O)[C@H]2C1. The Balaban J connectivity index is 1.79. The van der Waals surface area contributed by atoms with Crippen molar-refractivity contribution < 1.29 is 42.5 Å². The molecule has 2 aromatic heterocycles. The summed E-state index contributed by atoms with van der Waals surface area (Å²) in [4.78, 5) is 66.5. The second-order valence-corrected chi connectivity index (χ2v) is 10.0. The maximum absolute atomic E-state index is 13.8. The average Bonchev–Trinajstić information content (AvgIpc) is 2.83. The predicted molar refractivity (Wildman–Crippen MR) is 130 cm³/mol. The van der Waals surface area contributed by atoms with Crippen LogP contribution in [-0.4, -0.2) is 52.6 Å². The minimum Gasteiger partial charge on any atom is -0.482 e. The van der Waals surface area contributed by atoms with Crippen molar-refractivity contribution in [1.82, 2.24) is 4.98 Å². The third-order valence-electron chi connectivity index (χ3n) is 7.21. The molecule has 38 heavy (non-hydrogen) atoms. The van der Waals surface area contributed by atoms with Crippen molar-refractivity contribution >= 4 is 23.7 Å². The van der Waals surface area contributed by atoms with Crippen LogP contribution in [0, 0.1) is 11.8 Å². The molecule has 1 saturated carbocycles. The molecule has 2 aromatic rings. The summed E-state index contributed by atoms with van der Waals surface area (Å²) in [5, 5.41) is 0. The van der Waals surface area contributed by atoms with Crippen LogP contribution in [0.1, 0.15) is 57.8 Å². The summed E-state index contributed by atoms with van der Waals surface area (Å²) in [7, 11) is 0. The summed E-state index contributed by atoms with van der Waals surface area (Å²) in [6, 6.07) is 4.82. The Kier molecular flexibility index (Phi) is 7.14. The smallest absolute Gasteiger partial charge is 0.351 e. The van der Waals surface area contributed by atoms with Gasteiger partial charge in [0, 0.05) is 50.7 Å². The largest absolute Gasteiger partial charge is 0.482 e. The number of ketones is 1. The standard InChI is InChI=1S/C27H29NO10/c1-14(29)34-13-26(4,37-16(3)31)18-9-19-24(32)23-21(38-27(19,5)22(10-18)35-15(2)30)11-20(36-25(23)33)17-7-6-8-28-12-17/h6-8,11-12,18-19,22H,9-10,13H2,1-5H3/t18-,19+,22-,26+,27-/m0/s1. The van der Waals surface area contributed by atoms with Gasteiger partial charge >= 0.3 is 23.5 Å². The van der Waals surface area contributed by atoms with Crippen LogP contribution in [0.25, 0.3) is 11.3 Å². The van der Waals surface area contributed by atoms with Crippen molar-refractivity contribution in [1.29, 1.82) is 0 Å². The molecule has 1 fully saturated rings. The lowest BCUT2D eigenvalue weighted by Gasteiger charge is -2.52. The van der Waals surface area contributed by atoms with E-state index >= 15 is 0 Å². The van der Waals surface area contributed by atoms with Crippen LogP contribution in [0.5, 0.6) is 5.75 Å². The van der Waals surface area contributed by atoms with E-state index in [4.69, 9.17) is 23.4 Å². The minimum absolute atomic E-state index is 0.0158. The van der Waals surface area contributed by atoms with E-state index in [9.17, 15) is 24.0 Å². The molecule has 1 aliphatic carbocycles. The monoisotopic (exact) mass is 527 g/mol. The summed E-state index contributed by atoms with van der Waals surface area (Å²) in [5.74, 6) is -3.71. The molecule has 0 unspecified atom stereocenters. The molecular weight excluding hydrogens is 498 g/mol. The van der Waals surface area contributed by atoms with Gasteiger partial charge in [0.05, 0.1) is 5.92 Å². The first-order chi connectivity index (χ1) is 17.8. The van der Waals surface area contributed by atoms with Crippen LogP contribution in [0.4, 0.5) is 0 Å². The molecule has 4 rings (SSSR count). The molecule has 0 saturated heterocycles. The van der Waals surface area contributed by atoms with E-state index in [1.165, 1.54) is 33.0 Å². The molecular formula is C27H29NO10. The van der Waals surface area contributed by atoms with Crippen molar-refractivity contribution in [3.8, 4) is 17.1 Å². The molecule has 0 radical (unpaired) electrons. The first-order valence-corrected chi connectivity index (χ1v) is 12.2. The summed E-state index contributed by atoms with van der Waals surface area (Å²) < 4.78 is 28.2. The van der Waals surface area contributed by atoms with Crippen molar-refractivity contribution in [2.75, 3.05) is 6.61 Å². The number of fused-ring (bicyclic) bond motifs is 2.